The maximum atomic E-state index is 9.11. The van der Waals surface area contributed by atoms with Gasteiger partial charge in [0.25, 0.3) is 6.01 Å². The number of aliphatic hydroxyl groups excluding tert-OH is 1. The Balaban J connectivity index is 1.66. The summed E-state index contributed by atoms with van der Waals surface area (Å²) in [5, 5.41) is 12.5. The van der Waals surface area contributed by atoms with Crippen LogP contribution in [0.2, 0.25) is 0 Å². The highest BCUT2D eigenvalue weighted by Crippen LogP contribution is 2.27. The van der Waals surface area contributed by atoms with E-state index >= 15 is 0 Å². The predicted octanol–water partition coefficient (Wildman–Crippen LogP) is 2.79. The van der Waals surface area contributed by atoms with Crippen LogP contribution in [-0.4, -0.2) is 22.7 Å². The van der Waals surface area contributed by atoms with Crippen LogP contribution in [0.1, 0.15) is 25.7 Å². The first-order valence-electron chi connectivity index (χ1n) is 6.58. The molecular formula is C14H18N2O2. The van der Waals surface area contributed by atoms with Crippen molar-refractivity contribution in [3.63, 3.8) is 0 Å². The molecule has 0 aliphatic heterocycles. The van der Waals surface area contributed by atoms with E-state index in [1.54, 1.807) is 0 Å². The molecule has 0 radical (unpaired) electrons. The zero-order valence-electron chi connectivity index (χ0n) is 10.3. The third-order valence-electron chi connectivity index (χ3n) is 3.73. The largest absolute Gasteiger partial charge is 0.424 e. The lowest BCUT2D eigenvalue weighted by atomic mass is 9.87. The standard InChI is InChI=1S/C14H18N2O2/c17-9-10-5-7-11(8-6-10)15-14-16-12-3-1-2-4-13(12)18-14/h1-4,10-11,17H,5-9H2,(H,15,16). The summed E-state index contributed by atoms with van der Waals surface area (Å²) in [6.07, 6.45) is 4.30. The van der Waals surface area contributed by atoms with Crippen molar-refractivity contribution >= 4 is 17.1 Å². The number of fused-ring (bicyclic) bond motifs is 1. The van der Waals surface area contributed by atoms with Crippen LogP contribution in [0, 0.1) is 5.92 Å². The average molecular weight is 246 g/mol. The summed E-state index contributed by atoms with van der Waals surface area (Å²) in [5.74, 6) is 0.478. The van der Waals surface area contributed by atoms with Crippen molar-refractivity contribution in [2.24, 2.45) is 5.92 Å². The minimum atomic E-state index is 0.315. The third kappa shape index (κ3) is 2.34. The maximum absolute atomic E-state index is 9.11. The predicted molar refractivity (Wildman–Crippen MR) is 70.5 cm³/mol. The van der Waals surface area contributed by atoms with Crippen LogP contribution < -0.4 is 5.32 Å². The van der Waals surface area contributed by atoms with Crippen molar-refractivity contribution < 1.29 is 9.52 Å². The van der Waals surface area contributed by atoms with E-state index < -0.39 is 0 Å². The molecule has 18 heavy (non-hydrogen) atoms. The number of para-hydroxylation sites is 2. The van der Waals surface area contributed by atoms with Gasteiger partial charge in [-0.15, -0.1) is 0 Å². The van der Waals surface area contributed by atoms with Crippen molar-refractivity contribution in [1.29, 1.82) is 0 Å². The van der Waals surface area contributed by atoms with Crippen LogP contribution in [0.5, 0.6) is 0 Å². The van der Waals surface area contributed by atoms with Crippen molar-refractivity contribution in [2.45, 2.75) is 31.7 Å². The first kappa shape index (κ1) is 11.5. The summed E-state index contributed by atoms with van der Waals surface area (Å²) in [7, 11) is 0. The fourth-order valence-corrected chi connectivity index (χ4v) is 2.60. The first-order valence-corrected chi connectivity index (χ1v) is 6.58. The second-order valence-corrected chi connectivity index (χ2v) is 5.03. The molecule has 0 amide bonds. The molecule has 1 aliphatic rings. The quantitative estimate of drug-likeness (QED) is 0.874. The van der Waals surface area contributed by atoms with Crippen LogP contribution in [-0.2, 0) is 0 Å². The Bertz CT molecular complexity index is 482. The van der Waals surface area contributed by atoms with Gasteiger partial charge in [-0.3, -0.25) is 0 Å². The van der Waals surface area contributed by atoms with Gasteiger partial charge in [0.2, 0.25) is 0 Å². The molecule has 0 unspecified atom stereocenters. The monoisotopic (exact) mass is 246 g/mol. The number of hydrogen-bond acceptors (Lipinski definition) is 4. The molecule has 0 saturated heterocycles. The van der Waals surface area contributed by atoms with E-state index in [1.807, 2.05) is 24.3 Å². The Morgan fingerprint density at radius 2 is 2.00 bits per heavy atom. The molecule has 3 rings (SSSR count). The fourth-order valence-electron chi connectivity index (χ4n) is 2.60. The third-order valence-corrected chi connectivity index (χ3v) is 3.73. The van der Waals surface area contributed by atoms with Gasteiger partial charge < -0.3 is 14.8 Å². The molecule has 0 atom stereocenters. The first-order chi connectivity index (χ1) is 8.85. The average Bonchev–Trinajstić information content (AvgIpc) is 2.82. The number of aromatic nitrogens is 1. The summed E-state index contributed by atoms with van der Waals surface area (Å²) >= 11 is 0. The van der Waals surface area contributed by atoms with Gasteiger partial charge in [0.15, 0.2) is 5.58 Å². The van der Waals surface area contributed by atoms with Crippen LogP contribution >= 0.6 is 0 Å². The molecule has 1 fully saturated rings. The van der Waals surface area contributed by atoms with Gasteiger partial charge in [-0.25, -0.2) is 0 Å². The minimum Gasteiger partial charge on any atom is -0.424 e. The number of nitrogens with one attached hydrogen (secondary N) is 1. The van der Waals surface area contributed by atoms with Crippen LogP contribution in [0.25, 0.3) is 11.1 Å². The SMILES string of the molecule is OCC1CCC(Nc2nc3ccccc3o2)CC1. The lowest BCUT2D eigenvalue weighted by molar-refractivity contribution is 0.185. The number of rotatable bonds is 3. The Kier molecular flexibility index (Phi) is 3.19. The highest BCUT2D eigenvalue weighted by molar-refractivity contribution is 5.74. The van der Waals surface area contributed by atoms with E-state index in [9.17, 15) is 0 Å². The highest BCUT2D eigenvalue weighted by atomic mass is 16.4. The molecule has 4 heteroatoms. The van der Waals surface area contributed by atoms with E-state index in [1.165, 1.54) is 0 Å². The van der Waals surface area contributed by atoms with Gasteiger partial charge in [-0.05, 0) is 43.7 Å². The highest BCUT2D eigenvalue weighted by Gasteiger charge is 2.21. The normalized spacial score (nSPS) is 24.3. The maximum Gasteiger partial charge on any atom is 0.295 e. The molecule has 1 aliphatic carbocycles. The molecule has 2 N–H and O–H groups in total. The van der Waals surface area contributed by atoms with E-state index in [4.69, 9.17) is 9.52 Å². The van der Waals surface area contributed by atoms with E-state index in [0.29, 0.717) is 24.6 Å². The summed E-state index contributed by atoms with van der Waals surface area (Å²) in [4.78, 5) is 4.42. The van der Waals surface area contributed by atoms with Crippen LogP contribution in [0.4, 0.5) is 6.01 Å². The smallest absolute Gasteiger partial charge is 0.295 e. The zero-order valence-corrected chi connectivity index (χ0v) is 10.3. The van der Waals surface area contributed by atoms with Gasteiger partial charge in [0, 0.05) is 12.6 Å². The second-order valence-electron chi connectivity index (χ2n) is 5.03. The lowest BCUT2D eigenvalue weighted by Gasteiger charge is -2.27. The fraction of sp³-hybridized carbons (Fsp3) is 0.500. The van der Waals surface area contributed by atoms with Gasteiger partial charge in [0.1, 0.15) is 5.52 Å². The Morgan fingerprint density at radius 1 is 1.22 bits per heavy atom. The molecular weight excluding hydrogens is 228 g/mol. The molecule has 2 aromatic rings. The van der Waals surface area contributed by atoms with E-state index in [-0.39, 0.29) is 0 Å². The number of oxazole rings is 1. The lowest BCUT2D eigenvalue weighted by Crippen LogP contribution is -2.27. The molecule has 0 bridgehead atoms. The van der Waals surface area contributed by atoms with Crippen LogP contribution in [0.3, 0.4) is 0 Å². The van der Waals surface area contributed by atoms with E-state index in [2.05, 4.69) is 10.3 Å². The number of anilines is 1. The summed E-state index contributed by atoms with van der Waals surface area (Å²) in [6.45, 7) is 0.315. The molecule has 96 valence electrons. The van der Waals surface area contributed by atoms with Crippen molar-refractivity contribution in [3.05, 3.63) is 24.3 Å². The summed E-state index contributed by atoms with van der Waals surface area (Å²) in [6, 6.07) is 8.82. The number of nitrogens with zero attached hydrogens (tertiary/aromatic N) is 1. The Hall–Kier alpha value is -1.55. The zero-order chi connectivity index (χ0) is 12.4. The number of benzene rings is 1. The Labute approximate surface area is 106 Å². The number of aliphatic hydroxyl groups is 1. The summed E-state index contributed by atoms with van der Waals surface area (Å²) in [5.41, 5.74) is 1.72. The molecule has 1 aromatic carbocycles. The van der Waals surface area contributed by atoms with Gasteiger partial charge in [-0.2, -0.15) is 4.98 Å². The number of hydrogen-bond donors (Lipinski definition) is 2. The molecule has 1 aromatic heterocycles. The molecule has 4 nitrogen and oxygen atoms in total. The minimum absolute atomic E-state index is 0.315. The van der Waals surface area contributed by atoms with E-state index in [0.717, 1.165) is 36.8 Å². The summed E-state index contributed by atoms with van der Waals surface area (Å²) < 4.78 is 5.65. The molecule has 0 spiro atoms. The van der Waals surface area contributed by atoms with Crippen molar-refractivity contribution in [3.8, 4) is 0 Å². The van der Waals surface area contributed by atoms with Crippen LogP contribution in [0.15, 0.2) is 28.7 Å². The Morgan fingerprint density at radius 3 is 2.72 bits per heavy atom. The second kappa shape index (κ2) is 4.98. The van der Waals surface area contributed by atoms with Crippen molar-refractivity contribution in [2.75, 3.05) is 11.9 Å². The molecule has 1 heterocycles. The van der Waals surface area contributed by atoms with Crippen molar-refractivity contribution in [1.82, 2.24) is 4.98 Å². The topological polar surface area (TPSA) is 58.3 Å². The van der Waals surface area contributed by atoms with Gasteiger partial charge in [0.05, 0.1) is 0 Å². The van der Waals surface area contributed by atoms with Gasteiger partial charge in [-0.1, -0.05) is 12.1 Å². The van der Waals surface area contributed by atoms with Gasteiger partial charge >= 0.3 is 0 Å². The molecule has 1 saturated carbocycles.